The molecule has 1 aromatic heterocycles. The van der Waals surface area contributed by atoms with Crippen molar-refractivity contribution in [2.75, 3.05) is 11.8 Å². The van der Waals surface area contributed by atoms with Crippen molar-refractivity contribution >= 4 is 27.3 Å². The Kier molecular flexibility index (Phi) is 4.71. The first-order valence-corrected chi connectivity index (χ1v) is 7.89. The van der Waals surface area contributed by atoms with E-state index in [4.69, 9.17) is 16.3 Å². The Morgan fingerprint density at radius 2 is 1.91 bits per heavy atom. The lowest BCUT2D eigenvalue weighted by Gasteiger charge is -2.12. The molecule has 2 rings (SSSR count). The average Bonchev–Trinajstić information content (AvgIpc) is 2.46. The van der Waals surface area contributed by atoms with Crippen molar-refractivity contribution in [1.29, 1.82) is 0 Å². The minimum absolute atomic E-state index is 0.0549. The van der Waals surface area contributed by atoms with Gasteiger partial charge < -0.3 is 4.74 Å². The highest BCUT2D eigenvalue weighted by Crippen LogP contribution is 2.33. The number of benzene rings is 1. The summed E-state index contributed by atoms with van der Waals surface area (Å²) < 4.78 is 69.5. The van der Waals surface area contributed by atoms with Crippen LogP contribution in [0.2, 0.25) is 5.02 Å². The Morgan fingerprint density at radius 3 is 2.43 bits per heavy atom. The van der Waals surface area contributed by atoms with Gasteiger partial charge in [0, 0.05) is 6.07 Å². The summed E-state index contributed by atoms with van der Waals surface area (Å²) in [5, 5.41) is -0.327. The zero-order chi connectivity index (χ0) is 17.3. The number of nitrogens with zero attached hydrogens (tertiary/aromatic N) is 1. The van der Waals surface area contributed by atoms with Crippen LogP contribution >= 0.6 is 11.6 Å². The van der Waals surface area contributed by atoms with Crippen LogP contribution in [0.25, 0.3) is 0 Å². The summed E-state index contributed by atoms with van der Waals surface area (Å²) >= 11 is 5.72. The van der Waals surface area contributed by atoms with Gasteiger partial charge in [-0.05, 0) is 24.3 Å². The Balaban J connectivity index is 2.38. The molecule has 0 amide bonds. The number of hydrogen-bond donors (Lipinski definition) is 1. The van der Waals surface area contributed by atoms with Gasteiger partial charge in [0.05, 0.1) is 29.6 Å². The number of rotatable bonds is 4. The molecule has 0 fully saturated rings. The van der Waals surface area contributed by atoms with Crippen LogP contribution in [-0.2, 0) is 16.2 Å². The third-order valence-electron chi connectivity index (χ3n) is 2.75. The molecule has 0 aliphatic heterocycles. The molecule has 1 N–H and O–H groups in total. The van der Waals surface area contributed by atoms with Gasteiger partial charge in [0.15, 0.2) is 0 Å². The van der Waals surface area contributed by atoms with Gasteiger partial charge in [-0.3, -0.25) is 4.72 Å². The van der Waals surface area contributed by atoms with Gasteiger partial charge >= 0.3 is 6.18 Å². The molecule has 0 aliphatic rings. The van der Waals surface area contributed by atoms with Gasteiger partial charge in [0.2, 0.25) is 5.88 Å². The summed E-state index contributed by atoms with van der Waals surface area (Å²) in [5.41, 5.74) is -1.06. The maximum absolute atomic E-state index is 12.7. The Labute approximate surface area is 135 Å². The fraction of sp³-hybridized carbons (Fsp3) is 0.154. The molecule has 0 radical (unpaired) electrons. The third-order valence-corrected chi connectivity index (χ3v) is 4.61. The van der Waals surface area contributed by atoms with Crippen LogP contribution in [0.4, 0.5) is 18.9 Å². The fourth-order valence-corrected chi connectivity index (χ4v) is 3.23. The second-order valence-corrected chi connectivity index (χ2v) is 6.40. The van der Waals surface area contributed by atoms with Crippen LogP contribution in [0, 0.1) is 0 Å². The average molecular weight is 367 g/mol. The first kappa shape index (κ1) is 17.4. The molecular weight excluding hydrogens is 357 g/mol. The van der Waals surface area contributed by atoms with E-state index in [0.717, 1.165) is 12.3 Å². The van der Waals surface area contributed by atoms with Gasteiger partial charge in [-0.25, -0.2) is 13.4 Å². The molecule has 23 heavy (non-hydrogen) atoms. The molecule has 1 aromatic carbocycles. The van der Waals surface area contributed by atoms with Crippen molar-refractivity contribution < 1.29 is 26.3 Å². The van der Waals surface area contributed by atoms with E-state index in [1.807, 2.05) is 0 Å². The first-order chi connectivity index (χ1) is 10.6. The van der Waals surface area contributed by atoms with Crippen LogP contribution in [-0.4, -0.2) is 20.5 Å². The van der Waals surface area contributed by atoms with Crippen molar-refractivity contribution in [2.45, 2.75) is 11.1 Å². The van der Waals surface area contributed by atoms with Crippen LogP contribution in [0.5, 0.6) is 5.88 Å². The van der Waals surface area contributed by atoms with Crippen molar-refractivity contribution in [3.05, 3.63) is 47.1 Å². The number of sulfonamides is 1. The van der Waals surface area contributed by atoms with E-state index in [1.165, 1.54) is 19.2 Å². The van der Waals surface area contributed by atoms with E-state index in [1.54, 1.807) is 0 Å². The Morgan fingerprint density at radius 1 is 1.22 bits per heavy atom. The quantitative estimate of drug-likeness (QED) is 0.898. The summed E-state index contributed by atoms with van der Waals surface area (Å²) in [6.45, 7) is 0. The first-order valence-electron chi connectivity index (χ1n) is 6.03. The maximum atomic E-state index is 12.7. The van der Waals surface area contributed by atoms with Crippen molar-refractivity contribution in [3.63, 3.8) is 0 Å². The van der Waals surface area contributed by atoms with Crippen molar-refractivity contribution in [2.24, 2.45) is 0 Å². The van der Waals surface area contributed by atoms with Crippen LogP contribution in [0.15, 0.2) is 41.4 Å². The molecule has 10 heteroatoms. The predicted molar refractivity (Wildman–Crippen MR) is 78.1 cm³/mol. The zero-order valence-electron chi connectivity index (χ0n) is 11.6. The number of aromatic nitrogens is 1. The molecule has 124 valence electrons. The second kappa shape index (κ2) is 6.25. The molecule has 0 saturated heterocycles. The molecule has 0 aliphatic carbocycles. The minimum atomic E-state index is -4.68. The number of anilines is 1. The summed E-state index contributed by atoms with van der Waals surface area (Å²) in [6, 6.07) is 4.81. The number of ether oxygens (including phenoxy) is 1. The lowest BCUT2D eigenvalue weighted by molar-refractivity contribution is -0.137. The molecule has 5 nitrogen and oxygen atoms in total. The summed E-state index contributed by atoms with van der Waals surface area (Å²) in [7, 11) is -2.93. The third kappa shape index (κ3) is 4.05. The molecule has 0 bridgehead atoms. The number of halogens is 4. The maximum Gasteiger partial charge on any atom is 0.416 e. The number of nitrogens with one attached hydrogen (secondary N) is 1. The standard InChI is InChI=1S/C13H10ClF3N2O3S/c1-22-12-5-3-9(7-18-12)19-23(20,21)11-6-8(13(15,16)17)2-4-10(11)14/h2-7,19H,1H3. The summed E-state index contributed by atoms with van der Waals surface area (Å²) in [4.78, 5) is 3.12. The molecule has 0 atom stereocenters. The Bertz CT molecular complexity index is 808. The summed E-state index contributed by atoms with van der Waals surface area (Å²) in [5.74, 6) is 0.255. The van der Waals surface area contributed by atoms with Gasteiger partial charge in [-0.2, -0.15) is 13.2 Å². The smallest absolute Gasteiger partial charge is 0.416 e. The highest BCUT2D eigenvalue weighted by atomic mass is 35.5. The van der Waals surface area contributed by atoms with Crippen LogP contribution in [0.1, 0.15) is 5.56 Å². The summed E-state index contributed by atoms with van der Waals surface area (Å²) in [6.07, 6.45) is -3.52. The van der Waals surface area contributed by atoms with Gasteiger partial charge in [-0.1, -0.05) is 11.6 Å². The highest BCUT2D eigenvalue weighted by molar-refractivity contribution is 7.92. The number of alkyl halides is 3. The monoisotopic (exact) mass is 366 g/mol. The largest absolute Gasteiger partial charge is 0.481 e. The van der Waals surface area contributed by atoms with Gasteiger partial charge in [0.1, 0.15) is 4.90 Å². The normalized spacial score (nSPS) is 12.0. The van der Waals surface area contributed by atoms with Crippen molar-refractivity contribution in [1.82, 2.24) is 4.98 Å². The minimum Gasteiger partial charge on any atom is -0.481 e. The molecule has 1 heterocycles. The number of methoxy groups -OCH3 is 1. The van der Waals surface area contributed by atoms with E-state index in [-0.39, 0.29) is 16.6 Å². The molecular formula is C13H10ClF3N2O3S. The fourth-order valence-electron chi connectivity index (χ4n) is 1.66. The van der Waals surface area contributed by atoms with Crippen LogP contribution < -0.4 is 9.46 Å². The van der Waals surface area contributed by atoms with Crippen molar-refractivity contribution in [3.8, 4) is 5.88 Å². The SMILES string of the molecule is COc1ccc(NS(=O)(=O)c2cc(C(F)(F)F)ccc2Cl)cn1. The highest BCUT2D eigenvalue weighted by Gasteiger charge is 2.32. The second-order valence-electron chi connectivity index (χ2n) is 4.34. The zero-order valence-corrected chi connectivity index (χ0v) is 13.1. The lowest BCUT2D eigenvalue weighted by Crippen LogP contribution is -2.15. The van der Waals surface area contributed by atoms with E-state index in [0.29, 0.717) is 12.1 Å². The van der Waals surface area contributed by atoms with E-state index in [9.17, 15) is 21.6 Å². The molecule has 0 unspecified atom stereocenters. The van der Waals surface area contributed by atoms with E-state index < -0.39 is 26.7 Å². The topological polar surface area (TPSA) is 68.3 Å². The van der Waals surface area contributed by atoms with E-state index >= 15 is 0 Å². The molecule has 0 spiro atoms. The van der Waals surface area contributed by atoms with Crippen LogP contribution in [0.3, 0.4) is 0 Å². The predicted octanol–water partition coefficient (Wildman–Crippen LogP) is 3.56. The Hall–Kier alpha value is -2.00. The molecule has 2 aromatic rings. The number of hydrogen-bond acceptors (Lipinski definition) is 4. The molecule has 0 saturated carbocycles. The number of pyridine rings is 1. The van der Waals surface area contributed by atoms with Gasteiger partial charge in [0.25, 0.3) is 10.0 Å². The van der Waals surface area contributed by atoms with Gasteiger partial charge in [-0.15, -0.1) is 0 Å². The van der Waals surface area contributed by atoms with E-state index in [2.05, 4.69) is 9.71 Å². The lowest BCUT2D eigenvalue weighted by atomic mass is 10.2.